The van der Waals surface area contributed by atoms with Gasteiger partial charge in [0.25, 0.3) is 0 Å². The third-order valence-electron chi connectivity index (χ3n) is 4.85. The smallest absolute Gasteiger partial charge is 0.191 e. The summed E-state index contributed by atoms with van der Waals surface area (Å²) in [6, 6.07) is 13.3. The lowest BCUT2D eigenvalue weighted by atomic mass is 10.1. The molecule has 0 aliphatic carbocycles. The number of halogens is 1. The normalized spacial score (nSPS) is 19.0. The van der Waals surface area contributed by atoms with Crippen molar-refractivity contribution < 1.29 is 4.74 Å². The fourth-order valence-electron chi connectivity index (χ4n) is 3.32. The van der Waals surface area contributed by atoms with Crippen molar-refractivity contribution in [3.63, 3.8) is 0 Å². The summed E-state index contributed by atoms with van der Waals surface area (Å²) in [7, 11) is 1.82. The van der Waals surface area contributed by atoms with Crippen molar-refractivity contribution in [3.05, 3.63) is 57.8 Å². The van der Waals surface area contributed by atoms with Crippen LogP contribution in [-0.2, 0) is 11.3 Å². The van der Waals surface area contributed by atoms with Crippen molar-refractivity contribution in [1.29, 1.82) is 0 Å². The molecule has 7 heteroatoms. The second-order valence-electron chi connectivity index (χ2n) is 7.00. The van der Waals surface area contributed by atoms with Crippen molar-refractivity contribution in [2.75, 3.05) is 33.3 Å². The Kier molecular flexibility index (Phi) is 9.70. The first kappa shape index (κ1) is 23.1. The summed E-state index contributed by atoms with van der Waals surface area (Å²) in [6.45, 7) is 8.55. The zero-order valence-electron chi connectivity index (χ0n) is 16.9. The fraction of sp³-hybridized carbons (Fsp3) is 0.476. The largest absolute Gasteiger partial charge is 0.376 e. The molecule has 2 unspecified atom stereocenters. The van der Waals surface area contributed by atoms with Gasteiger partial charge in [-0.2, -0.15) is 0 Å². The number of hydrogen-bond donors (Lipinski definition) is 2. The van der Waals surface area contributed by atoms with Crippen LogP contribution in [0.25, 0.3) is 0 Å². The van der Waals surface area contributed by atoms with E-state index in [1.54, 1.807) is 0 Å². The molecule has 0 bridgehead atoms. The second-order valence-corrected chi connectivity index (χ2v) is 7.98. The van der Waals surface area contributed by atoms with E-state index in [-0.39, 0.29) is 30.1 Å². The Morgan fingerprint density at radius 1 is 1.29 bits per heavy atom. The minimum Gasteiger partial charge on any atom is -0.376 e. The molecule has 28 heavy (non-hydrogen) atoms. The summed E-state index contributed by atoms with van der Waals surface area (Å²) in [5, 5.41) is 9.08. The van der Waals surface area contributed by atoms with E-state index >= 15 is 0 Å². The zero-order valence-corrected chi connectivity index (χ0v) is 20.0. The first-order chi connectivity index (χ1) is 13.2. The molecule has 1 aromatic carbocycles. The molecule has 1 saturated heterocycles. The second kappa shape index (κ2) is 11.7. The summed E-state index contributed by atoms with van der Waals surface area (Å²) < 4.78 is 5.72. The van der Waals surface area contributed by atoms with Crippen LogP contribution in [-0.4, -0.2) is 50.3 Å². The number of guanidine groups is 1. The van der Waals surface area contributed by atoms with E-state index in [4.69, 9.17) is 4.74 Å². The van der Waals surface area contributed by atoms with Gasteiger partial charge in [0.15, 0.2) is 5.96 Å². The maximum atomic E-state index is 5.72. The topological polar surface area (TPSA) is 48.9 Å². The molecule has 1 aliphatic rings. The molecule has 2 aromatic rings. The average Bonchev–Trinajstić information content (AvgIpc) is 3.20. The van der Waals surface area contributed by atoms with E-state index in [0.717, 1.165) is 38.7 Å². The van der Waals surface area contributed by atoms with Crippen LogP contribution in [0.15, 0.2) is 46.8 Å². The molecule has 2 atom stereocenters. The molecule has 1 aromatic heterocycles. The number of morpholine rings is 1. The van der Waals surface area contributed by atoms with E-state index in [2.05, 4.69) is 76.2 Å². The number of ether oxygens (including phenoxy) is 1. The van der Waals surface area contributed by atoms with Crippen LogP contribution >= 0.6 is 35.3 Å². The first-order valence-corrected chi connectivity index (χ1v) is 10.4. The molecule has 3 rings (SSSR count). The third-order valence-corrected chi connectivity index (χ3v) is 5.83. The molecule has 2 heterocycles. The van der Waals surface area contributed by atoms with Gasteiger partial charge in [-0.15, -0.1) is 35.3 Å². The van der Waals surface area contributed by atoms with Crippen molar-refractivity contribution in [2.45, 2.75) is 32.5 Å². The summed E-state index contributed by atoms with van der Waals surface area (Å²) in [5.74, 6) is 0.832. The highest BCUT2D eigenvalue weighted by Crippen LogP contribution is 2.26. The number of thiophene rings is 1. The number of nitrogens with one attached hydrogen (secondary N) is 2. The molecule has 0 saturated carbocycles. The van der Waals surface area contributed by atoms with Crippen LogP contribution in [0.3, 0.4) is 0 Å². The highest BCUT2D eigenvalue weighted by molar-refractivity contribution is 14.0. The van der Waals surface area contributed by atoms with Gasteiger partial charge in [-0.1, -0.05) is 35.9 Å². The van der Waals surface area contributed by atoms with Gasteiger partial charge in [0.05, 0.1) is 18.8 Å². The number of benzene rings is 1. The zero-order chi connectivity index (χ0) is 19.1. The van der Waals surface area contributed by atoms with Crippen LogP contribution in [0.5, 0.6) is 0 Å². The predicted octanol–water partition coefficient (Wildman–Crippen LogP) is 3.80. The van der Waals surface area contributed by atoms with Gasteiger partial charge in [0, 0.05) is 38.1 Å². The third kappa shape index (κ3) is 6.72. The van der Waals surface area contributed by atoms with Crippen LogP contribution in [0, 0.1) is 6.92 Å². The monoisotopic (exact) mass is 514 g/mol. The molecule has 154 valence electrons. The van der Waals surface area contributed by atoms with Crippen LogP contribution in [0.1, 0.15) is 29.0 Å². The van der Waals surface area contributed by atoms with Gasteiger partial charge < -0.3 is 15.4 Å². The number of hydrogen-bond acceptors (Lipinski definition) is 4. The van der Waals surface area contributed by atoms with Crippen LogP contribution < -0.4 is 10.6 Å². The lowest BCUT2D eigenvalue weighted by Crippen LogP contribution is -2.47. The molecule has 1 aliphatic heterocycles. The number of aliphatic imine (C=N–C) groups is 1. The van der Waals surface area contributed by atoms with Gasteiger partial charge in [-0.25, -0.2) is 0 Å². The van der Waals surface area contributed by atoms with Crippen LogP contribution in [0.2, 0.25) is 0 Å². The summed E-state index contributed by atoms with van der Waals surface area (Å²) in [6.07, 6.45) is 0.278. The van der Waals surface area contributed by atoms with Gasteiger partial charge in [0.2, 0.25) is 0 Å². The number of rotatable bonds is 6. The Hall–Kier alpha value is -1.16. The van der Waals surface area contributed by atoms with Gasteiger partial charge in [-0.3, -0.25) is 9.89 Å². The van der Waals surface area contributed by atoms with E-state index in [9.17, 15) is 0 Å². The van der Waals surface area contributed by atoms with Crippen LogP contribution in [0.4, 0.5) is 0 Å². The van der Waals surface area contributed by atoms with Crippen molar-refractivity contribution in [2.24, 2.45) is 4.99 Å². The van der Waals surface area contributed by atoms with E-state index in [0.29, 0.717) is 6.04 Å². The number of nitrogens with zero attached hydrogens (tertiary/aromatic N) is 2. The molecule has 5 nitrogen and oxygen atoms in total. The Labute approximate surface area is 189 Å². The Balaban J connectivity index is 0.00000280. The standard InChI is InChI=1S/C21H30N4OS.HI/c1-16-6-8-18(9-7-16)13-23-21(22-3)24-14-19(20-5-4-12-27-20)25-10-11-26-17(2)15-25;/h4-9,12,17,19H,10-11,13-15H2,1-3H3,(H2,22,23,24);1H. The summed E-state index contributed by atoms with van der Waals surface area (Å²) >= 11 is 1.81. The molecule has 0 spiro atoms. The lowest BCUT2D eigenvalue weighted by molar-refractivity contribution is -0.0334. The molecule has 2 N–H and O–H groups in total. The highest BCUT2D eigenvalue weighted by atomic mass is 127. The van der Waals surface area contributed by atoms with Gasteiger partial charge in [0.1, 0.15) is 0 Å². The quantitative estimate of drug-likeness (QED) is 0.350. The summed E-state index contributed by atoms with van der Waals surface area (Å²) in [4.78, 5) is 8.28. The highest BCUT2D eigenvalue weighted by Gasteiger charge is 2.26. The van der Waals surface area contributed by atoms with Crippen molar-refractivity contribution in [1.82, 2.24) is 15.5 Å². The maximum absolute atomic E-state index is 5.72. The Bertz CT molecular complexity index is 721. The molecular weight excluding hydrogens is 483 g/mol. The van der Waals surface area contributed by atoms with Gasteiger partial charge >= 0.3 is 0 Å². The average molecular weight is 514 g/mol. The van der Waals surface area contributed by atoms with Crippen molar-refractivity contribution in [3.8, 4) is 0 Å². The maximum Gasteiger partial charge on any atom is 0.191 e. The lowest BCUT2D eigenvalue weighted by Gasteiger charge is -2.37. The van der Waals surface area contributed by atoms with E-state index in [1.165, 1.54) is 16.0 Å². The molecule has 0 radical (unpaired) electrons. The van der Waals surface area contributed by atoms with Crippen molar-refractivity contribution >= 4 is 41.3 Å². The first-order valence-electron chi connectivity index (χ1n) is 9.55. The molecule has 1 fully saturated rings. The Morgan fingerprint density at radius 2 is 2.07 bits per heavy atom. The molecule has 0 amide bonds. The van der Waals surface area contributed by atoms with E-state index < -0.39 is 0 Å². The SMILES string of the molecule is CN=C(NCc1ccc(C)cc1)NCC(c1cccs1)N1CCOC(C)C1.I. The minimum atomic E-state index is 0. The van der Waals surface area contributed by atoms with Gasteiger partial charge in [-0.05, 0) is 30.9 Å². The minimum absolute atomic E-state index is 0. The predicted molar refractivity (Wildman–Crippen MR) is 129 cm³/mol. The summed E-state index contributed by atoms with van der Waals surface area (Å²) in [5.41, 5.74) is 2.53. The van der Waals surface area contributed by atoms with E-state index in [1.807, 2.05) is 18.4 Å². The Morgan fingerprint density at radius 3 is 2.71 bits per heavy atom. The number of aryl methyl sites for hydroxylation is 1. The molecular formula is C21H31IN4OS. The fourth-order valence-corrected chi connectivity index (χ4v) is 4.19.